The zero-order valence-corrected chi connectivity index (χ0v) is 14.7. The summed E-state index contributed by atoms with van der Waals surface area (Å²) in [7, 11) is 0. The van der Waals surface area contributed by atoms with Gasteiger partial charge in [0.2, 0.25) is 0 Å². The lowest BCUT2D eigenvalue weighted by atomic mass is 9.86. The van der Waals surface area contributed by atoms with Gasteiger partial charge in [-0.2, -0.15) is 0 Å². The van der Waals surface area contributed by atoms with E-state index in [0.29, 0.717) is 23.0 Å². The molecule has 2 aromatic rings. The zero-order valence-electron chi connectivity index (χ0n) is 14.7. The second-order valence-corrected chi connectivity index (χ2v) is 6.59. The molecular weight excluding hydrogens is 310 g/mol. The SMILES string of the molecule is C#Cc1c(C2CCNCC2)cc(-c2c(O)cccc2CCC)nc1N. The number of benzene rings is 1. The third-order valence-electron chi connectivity index (χ3n) is 4.91. The summed E-state index contributed by atoms with van der Waals surface area (Å²) >= 11 is 0. The van der Waals surface area contributed by atoms with Crippen molar-refractivity contribution in [3.63, 3.8) is 0 Å². The fourth-order valence-electron chi connectivity index (χ4n) is 3.69. The van der Waals surface area contributed by atoms with Gasteiger partial charge >= 0.3 is 0 Å². The van der Waals surface area contributed by atoms with Crippen molar-refractivity contribution in [1.29, 1.82) is 0 Å². The number of rotatable bonds is 4. The van der Waals surface area contributed by atoms with Crippen LogP contribution in [-0.4, -0.2) is 23.2 Å². The third kappa shape index (κ3) is 3.47. The summed E-state index contributed by atoms with van der Waals surface area (Å²) in [6.45, 7) is 4.07. The Morgan fingerprint density at radius 2 is 2.12 bits per heavy atom. The molecule has 130 valence electrons. The van der Waals surface area contributed by atoms with Gasteiger partial charge < -0.3 is 16.2 Å². The highest BCUT2D eigenvalue weighted by atomic mass is 16.3. The topological polar surface area (TPSA) is 71.2 Å². The van der Waals surface area contributed by atoms with E-state index in [-0.39, 0.29) is 5.75 Å². The number of terminal acetylenes is 1. The predicted octanol–water partition coefficient (Wildman–Crippen LogP) is 3.44. The average molecular weight is 335 g/mol. The van der Waals surface area contributed by atoms with Crippen molar-refractivity contribution in [3.8, 4) is 29.4 Å². The maximum Gasteiger partial charge on any atom is 0.140 e. The van der Waals surface area contributed by atoms with Crippen LogP contribution in [0.3, 0.4) is 0 Å². The number of nitrogens with two attached hydrogens (primary N) is 1. The van der Waals surface area contributed by atoms with Crippen molar-refractivity contribution in [2.75, 3.05) is 18.8 Å². The first-order valence-corrected chi connectivity index (χ1v) is 8.94. The van der Waals surface area contributed by atoms with Crippen LogP contribution in [0.5, 0.6) is 5.75 Å². The molecule has 1 saturated heterocycles. The number of nitrogens with one attached hydrogen (secondary N) is 1. The normalized spacial score (nSPS) is 15.0. The molecule has 4 heteroatoms. The Hall–Kier alpha value is -2.51. The van der Waals surface area contributed by atoms with Crippen LogP contribution in [0.15, 0.2) is 24.3 Å². The molecule has 1 aromatic heterocycles. The van der Waals surface area contributed by atoms with Gasteiger partial charge in [0.1, 0.15) is 11.6 Å². The van der Waals surface area contributed by atoms with Gasteiger partial charge in [0, 0.05) is 5.56 Å². The third-order valence-corrected chi connectivity index (χ3v) is 4.91. The van der Waals surface area contributed by atoms with Crippen LogP contribution in [0, 0.1) is 12.3 Å². The summed E-state index contributed by atoms with van der Waals surface area (Å²) < 4.78 is 0. The van der Waals surface area contributed by atoms with Crippen LogP contribution in [-0.2, 0) is 6.42 Å². The molecule has 0 atom stereocenters. The summed E-state index contributed by atoms with van der Waals surface area (Å²) in [4.78, 5) is 4.53. The highest BCUT2D eigenvalue weighted by Gasteiger charge is 2.22. The van der Waals surface area contributed by atoms with Crippen molar-refractivity contribution in [3.05, 3.63) is 41.0 Å². The fourth-order valence-corrected chi connectivity index (χ4v) is 3.69. The number of piperidine rings is 1. The first-order valence-electron chi connectivity index (χ1n) is 8.94. The van der Waals surface area contributed by atoms with E-state index in [1.165, 1.54) is 0 Å². The fraction of sp³-hybridized carbons (Fsp3) is 0.381. The molecule has 0 radical (unpaired) electrons. The summed E-state index contributed by atoms with van der Waals surface area (Å²) in [5, 5.41) is 13.8. The number of anilines is 1. The highest BCUT2D eigenvalue weighted by Crippen LogP contribution is 2.37. The van der Waals surface area contributed by atoms with Gasteiger partial charge in [-0.05, 0) is 61.5 Å². The highest BCUT2D eigenvalue weighted by molar-refractivity contribution is 5.74. The van der Waals surface area contributed by atoms with Gasteiger partial charge in [-0.25, -0.2) is 4.98 Å². The molecule has 1 fully saturated rings. The van der Waals surface area contributed by atoms with Gasteiger partial charge in [0.15, 0.2) is 0 Å². The Balaban J connectivity index is 2.16. The molecule has 4 N–H and O–H groups in total. The minimum atomic E-state index is 0.238. The van der Waals surface area contributed by atoms with Crippen molar-refractivity contribution < 1.29 is 5.11 Å². The van der Waals surface area contributed by atoms with E-state index in [0.717, 1.165) is 55.5 Å². The molecule has 0 unspecified atom stereocenters. The molecule has 4 nitrogen and oxygen atoms in total. The van der Waals surface area contributed by atoms with E-state index in [9.17, 15) is 5.11 Å². The lowest BCUT2D eigenvalue weighted by Crippen LogP contribution is -2.27. The smallest absolute Gasteiger partial charge is 0.140 e. The van der Waals surface area contributed by atoms with Crippen LogP contribution in [0.2, 0.25) is 0 Å². The van der Waals surface area contributed by atoms with Gasteiger partial charge in [-0.1, -0.05) is 31.4 Å². The summed E-state index contributed by atoms with van der Waals surface area (Å²) in [5.41, 5.74) is 10.5. The van der Waals surface area contributed by atoms with Crippen LogP contribution >= 0.6 is 0 Å². The number of nitrogen functional groups attached to an aromatic ring is 1. The van der Waals surface area contributed by atoms with E-state index in [1.807, 2.05) is 18.2 Å². The molecule has 1 aliphatic heterocycles. The van der Waals surface area contributed by atoms with E-state index < -0.39 is 0 Å². The molecule has 2 heterocycles. The number of nitrogens with zero attached hydrogens (tertiary/aromatic N) is 1. The molecule has 0 amide bonds. The van der Waals surface area contributed by atoms with Crippen molar-refractivity contribution in [2.24, 2.45) is 0 Å². The maximum absolute atomic E-state index is 10.5. The molecular formula is C21H25N3O. The average Bonchev–Trinajstić information content (AvgIpc) is 2.62. The number of pyridine rings is 1. The minimum Gasteiger partial charge on any atom is -0.507 e. The number of aryl methyl sites for hydroxylation is 1. The number of hydrogen-bond donors (Lipinski definition) is 3. The maximum atomic E-state index is 10.5. The van der Waals surface area contributed by atoms with Gasteiger partial charge in [0.05, 0.1) is 11.3 Å². The molecule has 1 aromatic carbocycles. The van der Waals surface area contributed by atoms with E-state index in [4.69, 9.17) is 12.2 Å². The number of hydrogen-bond acceptors (Lipinski definition) is 4. The summed E-state index contributed by atoms with van der Waals surface area (Å²) in [6.07, 6.45) is 9.65. The van der Waals surface area contributed by atoms with Crippen LogP contribution < -0.4 is 11.1 Å². The molecule has 25 heavy (non-hydrogen) atoms. The number of aromatic nitrogens is 1. The minimum absolute atomic E-state index is 0.238. The largest absolute Gasteiger partial charge is 0.507 e. The molecule has 0 saturated carbocycles. The lowest BCUT2D eigenvalue weighted by Gasteiger charge is -2.25. The standard InChI is InChI=1S/C21H25N3O/c1-3-6-15-7-5-8-19(25)20(15)18-13-17(14-9-11-23-12-10-14)16(4-2)21(22)24-18/h2,5,7-8,13-14,23,25H,3,6,9-12H2,1H3,(H2,22,24). The van der Waals surface area contributed by atoms with E-state index in [2.05, 4.69) is 23.1 Å². The second-order valence-electron chi connectivity index (χ2n) is 6.59. The lowest BCUT2D eigenvalue weighted by molar-refractivity contribution is 0.460. The van der Waals surface area contributed by atoms with Gasteiger partial charge in [-0.15, -0.1) is 6.42 Å². The van der Waals surface area contributed by atoms with Crippen LogP contribution in [0.1, 0.15) is 48.8 Å². The molecule has 0 bridgehead atoms. The Morgan fingerprint density at radius 1 is 1.36 bits per heavy atom. The zero-order chi connectivity index (χ0) is 17.8. The van der Waals surface area contributed by atoms with Crippen LogP contribution in [0.25, 0.3) is 11.3 Å². The molecule has 0 aliphatic carbocycles. The number of aromatic hydroxyl groups is 1. The summed E-state index contributed by atoms with van der Waals surface area (Å²) in [5.74, 6) is 3.71. The van der Waals surface area contributed by atoms with Crippen molar-refractivity contribution in [1.82, 2.24) is 10.3 Å². The second kappa shape index (κ2) is 7.58. The predicted molar refractivity (Wildman–Crippen MR) is 103 cm³/mol. The van der Waals surface area contributed by atoms with E-state index >= 15 is 0 Å². The monoisotopic (exact) mass is 335 g/mol. The Kier molecular flexibility index (Phi) is 5.25. The molecule has 3 rings (SSSR count). The number of phenols is 1. The summed E-state index contributed by atoms with van der Waals surface area (Å²) in [6, 6.07) is 7.65. The quantitative estimate of drug-likeness (QED) is 0.749. The molecule has 0 spiro atoms. The first-order chi connectivity index (χ1) is 12.2. The van der Waals surface area contributed by atoms with Crippen molar-refractivity contribution >= 4 is 5.82 Å². The Bertz CT molecular complexity index is 802. The molecule has 1 aliphatic rings. The van der Waals surface area contributed by atoms with Gasteiger partial charge in [0.25, 0.3) is 0 Å². The Morgan fingerprint density at radius 3 is 2.80 bits per heavy atom. The Labute approximate surface area is 149 Å². The van der Waals surface area contributed by atoms with Crippen LogP contribution in [0.4, 0.5) is 5.82 Å². The van der Waals surface area contributed by atoms with E-state index in [1.54, 1.807) is 6.07 Å². The first kappa shape index (κ1) is 17.3. The number of phenolic OH excluding ortho intramolecular Hbond substituents is 1. The van der Waals surface area contributed by atoms with Crippen molar-refractivity contribution in [2.45, 2.75) is 38.5 Å². The van der Waals surface area contributed by atoms with Gasteiger partial charge in [-0.3, -0.25) is 0 Å².